The third-order valence-corrected chi connectivity index (χ3v) is 5.16. The first-order valence-electron chi connectivity index (χ1n) is 8.00. The van der Waals surface area contributed by atoms with E-state index in [-0.39, 0.29) is 0 Å². The Morgan fingerprint density at radius 3 is 2.95 bits per heavy atom. The molecule has 0 bridgehead atoms. The summed E-state index contributed by atoms with van der Waals surface area (Å²) >= 11 is 0. The second-order valence-corrected chi connectivity index (χ2v) is 6.31. The Morgan fingerprint density at radius 2 is 2.00 bits per heavy atom. The normalized spacial score (nSPS) is 25.5. The van der Waals surface area contributed by atoms with E-state index in [1.54, 1.807) is 0 Å². The summed E-state index contributed by atoms with van der Waals surface area (Å²) < 4.78 is 0. The van der Waals surface area contributed by atoms with E-state index < -0.39 is 0 Å². The molecule has 2 aliphatic rings. The molecule has 0 aliphatic carbocycles. The van der Waals surface area contributed by atoms with Crippen molar-refractivity contribution in [2.75, 3.05) is 13.1 Å². The molecule has 0 aromatic heterocycles. The van der Waals surface area contributed by atoms with Gasteiger partial charge in [-0.25, -0.2) is 0 Å². The lowest BCUT2D eigenvalue weighted by Gasteiger charge is -2.22. The van der Waals surface area contributed by atoms with Crippen LogP contribution in [0.4, 0.5) is 0 Å². The van der Waals surface area contributed by atoms with Crippen molar-refractivity contribution >= 4 is 10.8 Å². The maximum Gasteiger partial charge on any atom is 0.120 e. The monoisotopic (exact) mass is 282 g/mol. The highest BCUT2D eigenvalue weighted by atomic mass is 16.3. The van der Waals surface area contributed by atoms with E-state index in [0.717, 1.165) is 17.5 Å². The number of aromatic hydroxyl groups is 1. The molecule has 2 atom stereocenters. The number of hydrogen-bond acceptors (Lipinski definition) is 3. The molecule has 2 unspecified atom stereocenters. The first-order valence-corrected chi connectivity index (χ1v) is 8.00. The Morgan fingerprint density at radius 1 is 1.10 bits per heavy atom. The van der Waals surface area contributed by atoms with Gasteiger partial charge in [0.15, 0.2) is 0 Å². The SMILES string of the molecule is Oc1ccc2ccccc2c1CNC1CCN2CCCC12. The lowest BCUT2D eigenvalue weighted by atomic mass is 10.0. The third kappa shape index (κ3) is 2.30. The molecule has 21 heavy (non-hydrogen) atoms. The van der Waals surface area contributed by atoms with Gasteiger partial charge >= 0.3 is 0 Å². The van der Waals surface area contributed by atoms with Gasteiger partial charge in [-0.2, -0.15) is 0 Å². The average Bonchev–Trinajstić information content (AvgIpc) is 3.10. The van der Waals surface area contributed by atoms with Crippen LogP contribution in [0, 0.1) is 0 Å². The maximum atomic E-state index is 10.2. The van der Waals surface area contributed by atoms with Crippen LogP contribution in [0.5, 0.6) is 5.75 Å². The number of phenols is 1. The number of rotatable bonds is 3. The highest BCUT2D eigenvalue weighted by Crippen LogP contribution is 2.30. The molecule has 110 valence electrons. The molecule has 2 N–H and O–H groups in total. The molecule has 0 spiro atoms. The summed E-state index contributed by atoms with van der Waals surface area (Å²) in [5.74, 6) is 0.405. The summed E-state index contributed by atoms with van der Waals surface area (Å²) in [5, 5.41) is 16.3. The van der Waals surface area contributed by atoms with E-state index in [1.807, 2.05) is 24.3 Å². The van der Waals surface area contributed by atoms with E-state index in [1.165, 1.54) is 37.7 Å². The third-order valence-electron chi connectivity index (χ3n) is 5.16. The van der Waals surface area contributed by atoms with Gasteiger partial charge in [-0.15, -0.1) is 0 Å². The minimum Gasteiger partial charge on any atom is -0.508 e. The van der Waals surface area contributed by atoms with Crippen molar-refractivity contribution in [2.24, 2.45) is 0 Å². The lowest BCUT2D eigenvalue weighted by Crippen LogP contribution is -2.38. The van der Waals surface area contributed by atoms with Gasteiger partial charge in [0.1, 0.15) is 5.75 Å². The van der Waals surface area contributed by atoms with Crippen LogP contribution >= 0.6 is 0 Å². The topological polar surface area (TPSA) is 35.5 Å². The van der Waals surface area contributed by atoms with Crippen LogP contribution < -0.4 is 5.32 Å². The van der Waals surface area contributed by atoms with Crippen LogP contribution in [0.2, 0.25) is 0 Å². The molecule has 2 aliphatic heterocycles. The van der Waals surface area contributed by atoms with Crippen molar-refractivity contribution in [3.05, 3.63) is 42.0 Å². The average molecular weight is 282 g/mol. The number of nitrogens with zero attached hydrogens (tertiary/aromatic N) is 1. The van der Waals surface area contributed by atoms with Gasteiger partial charge < -0.3 is 10.4 Å². The molecule has 4 rings (SSSR count). The van der Waals surface area contributed by atoms with Crippen molar-refractivity contribution < 1.29 is 5.11 Å². The Labute approximate surface area is 125 Å². The number of benzene rings is 2. The van der Waals surface area contributed by atoms with Gasteiger partial charge in [0.05, 0.1) is 0 Å². The van der Waals surface area contributed by atoms with E-state index in [4.69, 9.17) is 0 Å². The summed E-state index contributed by atoms with van der Waals surface area (Å²) in [7, 11) is 0. The minimum atomic E-state index is 0.405. The molecule has 0 saturated carbocycles. The zero-order valence-corrected chi connectivity index (χ0v) is 12.3. The summed E-state index contributed by atoms with van der Waals surface area (Å²) in [6, 6.07) is 13.4. The standard InChI is InChI=1S/C18H22N2O/c21-18-8-7-13-4-1-2-5-14(13)15(18)12-19-16-9-11-20-10-3-6-17(16)20/h1-2,4-5,7-8,16-17,19,21H,3,6,9-12H2. The molecule has 2 saturated heterocycles. The molecule has 3 heteroatoms. The smallest absolute Gasteiger partial charge is 0.120 e. The molecular formula is C18H22N2O. The fourth-order valence-corrected chi connectivity index (χ4v) is 4.06. The van der Waals surface area contributed by atoms with Crippen molar-refractivity contribution in [1.82, 2.24) is 10.2 Å². The van der Waals surface area contributed by atoms with Gasteiger partial charge in [-0.1, -0.05) is 30.3 Å². The first kappa shape index (κ1) is 13.1. The van der Waals surface area contributed by atoms with Crippen molar-refractivity contribution in [3.8, 4) is 5.75 Å². The predicted molar refractivity (Wildman–Crippen MR) is 85.5 cm³/mol. The summed E-state index contributed by atoms with van der Waals surface area (Å²) in [5.41, 5.74) is 1.03. The van der Waals surface area contributed by atoms with Gasteiger partial charge in [0.25, 0.3) is 0 Å². The van der Waals surface area contributed by atoms with Gasteiger partial charge in [-0.05, 0) is 42.6 Å². The second-order valence-electron chi connectivity index (χ2n) is 6.31. The Kier molecular flexibility index (Phi) is 3.32. The van der Waals surface area contributed by atoms with Gasteiger partial charge in [0, 0.05) is 30.7 Å². The second kappa shape index (κ2) is 5.32. The number of nitrogens with one attached hydrogen (secondary N) is 1. The van der Waals surface area contributed by atoms with Gasteiger partial charge in [-0.3, -0.25) is 4.90 Å². The highest BCUT2D eigenvalue weighted by Gasteiger charge is 2.36. The van der Waals surface area contributed by atoms with Crippen LogP contribution in [0.15, 0.2) is 36.4 Å². The Hall–Kier alpha value is -1.58. The van der Waals surface area contributed by atoms with E-state index in [0.29, 0.717) is 17.8 Å². The van der Waals surface area contributed by atoms with Crippen LogP contribution in [0.3, 0.4) is 0 Å². The zero-order valence-electron chi connectivity index (χ0n) is 12.3. The zero-order chi connectivity index (χ0) is 14.2. The molecule has 2 aromatic rings. The predicted octanol–water partition coefficient (Wildman–Crippen LogP) is 2.87. The summed E-state index contributed by atoms with van der Waals surface area (Å²) in [4.78, 5) is 2.61. The quantitative estimate of drug-likeness (QED) is 0.908. The van der Waals surface area contributed by atoms with Crippen molar-refractivity contribution in [1.29, 1.82) is 0 Å². The number of fused-ring (bicyclic) bond motifs is 2. The van der Waals surface area contributed by atoms with E-state index >= 15 is 0 Å². The molecule has 3 nitrogen and oxygen atoms in total. The van der Waals surface area contributed by atoms with E-state index in [2.05, 4.69) is 22.3 Å². The molecule has 2 aromatic carbocycles. The molecular weight excluding hydrogens is 260 g/mol. The molecule has 0 radical (unpaired) electrons. The summed E-state index contributed by atoms with van der Waals surface area (Å²) in [6.07, 6.45) is 3.89. The highest BCUT2D eigenvalue weighted by molar-refractivity contribution is 5.87. The Bertz CT molecular complexity index is 655. The van der Waals surface area contributed by atoms with Gasteiger partial charge in [0.2, 0.25) is 0 Å². The largest absolute Gasteiger partial charge is 0.508 e. The van der Waals surface area contributed by atoms with Crippen LogP contribution in [-0.2, 0) is 6.54 Å². The molecule has 2 heterocycles. The first-order chi connectivity index (χ1) is 10.3. The van der Waals surface area contributed by atoms with Crippen LogP contribution in [0.1, 0.15) is 24.8 Å². The van der Waals surface area contributed by atoms with Crippen molar-refractivity contribution in [3.63, 3.8) is 0 Å². The molecule has 0 amide bonds. The summed E-state index contributed by atoms with van der Waals surface area (Å²) in [6.45, 7) is 3.24. The van der Waals surface area contributed by atoms with Crippen LogP contribution in [0.25, 0.3) is 10.8 Å². The Balaban J connectivity index is 1.56. The fraction of sp³-hybridized carbons (Fsp3) is 0.444. The number of hydrogen-bond donors (Lipinski definition) is 2. The number of phenolic OH excluding ortho intramolecular Hbond substituents is 1. The van der Waals surface area contributed by atoms with Crippen molar-refractivity contribution in [2.45, 2.75) is 37.9 Å². The maximum absolute atomic E-state index is 10.2. The minimum absolute atomic E-state index is 0.405. The van der Waals surface area contributed by atoms with Crippen LogP contribution in [-0.4, -0.2) is 35.2 Å². The lowest BCUT2D eigenvalue weighted by molar-refractivity contribution is 0.298. The fourth-order valence-electron chi connectivity index (χ4n) is 4.06. The van der Waals surface area contributed by atoms with E-state index in [9.17, 15) is 5.11 Å². The molecule has 2 fully saturated rings.